The van der Waals surface area contributed by atoms with Gasteiger partial charge in [0, 0.05) is 0 Å². The molecule has 0 radical (unpaired) electrons. The van der Waals surface area contributed by atoms with Crippen LogP contribution < -0.4 is 5.14 Å². The maximum Gasteiger partial charge on any atom is 0.338 e. The molecule has 0 aliphatic heterocycles. The number of carbonyl (C=O) groups is 1. The molecular weight excluding hydrogens is 278 g/mol. The van der Waals surface area contributed by atoms with Crippen molar-refractivity contribution in [3.8, 4) is 0 Å². The molecule has 0 heterocycles. The van der Waals surface area contributed by atoms with Crippen molar-refractivity contribution in [1.29, 1.82) is 0 Å². The van der Waals surface area contributed by atoms with Crippen LogP contribution in [-0.4, -0.2) is 21.0 Å². The van der Waals surface area contributed by atoms with Gasteiger partial charge in [-0.15, -0.1) is 0 Å². The fraction of sp³-hybridized carbons (Fsp3) is 0.500. The SMILES string of the molecule is NS(=O)(=O)c1ccc(C(=O)OCC2CCCCC2)cc1. The Morgan fingerprint density at radius 2 is 1.75 bits per heavy atom. The zero-order valence-electron chi connectivity index (χ0n) is 11.2. The summed E-state index contributed by atoms with van der Waals surface area (Å²) in [4.78, 5) is 11.8. The van der Waals surface area contributed by atoms with Gasteiger partial charge in [-0.1, -0.05) is 19.3 Å². The van der Waals surface area contributed by atoms with Crippen LogP contribution >= 0.6 is 0 Å². The quantitative estimate of drug-likeness (QED) is 0.862. The summed E-state index contributed by atoms with van der Waals surface area (Å²) in [6.45, 7) is 0.440. The van der Waals surface area contributed by atoms with Gasteiger partial charge < -0.3 is 4.74 Å². The molecule has 1 fully saturated rings. The number of carbonyl (C=O) groups excluding carboxylic acids is 1. The lowest BCUT2D eigenvalue weighted by Gasteiger charge is -2.21. The molecule has 1 aliphatic carbocycles. The largest absolute Gasteiger partial charge is 0.462 e. The molecule has 5 nitrogen and oxygen atoms in total. The summed E-state index contributed by atoms with van der Waals surface area (Å²) in [6, 6.07) is 5.46. The summed E-state index contributed by atoms with van der Waals surface area (Å²) in [7, 11) is -3.73. The van der Waals surface area contributed by atoms with Crippen molar-refractivity contribution in [1.82, 2.24) is 0 Å². The molecule has 6 heteroatoms. The maximum atomic E-state index is 11.8. The Labute approximate surface area is 119 Å². The third kappa shape index (κ3) is 4.05. The number of ether oxygens (including phenoxy) is 1. The summed E-state index contributed by atoms with van der Waals surface area (Å²) in [6.07, 6.45) is 5.88. The van der Waals surface area contributed by atoms with Gasteiger partial charge >= 0.3 is 5.97 Å². The first-order chi connectivity index (χ1) is 9.47. The van der Waals surface area contributed by atoms with Crippen LogP contribution in [0.1, 0.15) is 42.5 Å². The van der Waals surface area contributed by atoms with Crippen LogP contribution in [0.15, 0.2) is 29.2 Å². The molecule has 0 amide bonds. The normalized spacial score (nSPS) is 16.9. The van der Waals surface area contributed by atoms with E-state index in [9.17, 15) is 13.2 Å². The standard InChI is InChI=1S/C14H19NO4S/c15-20(17,18)13-8-6-12(7-9-13)14(16)19-10-11-4-2-1-3-5-11/h6-9,11H,1-5,10H2,(H2,15,17,18). The molecule has 0 atom stereocenters. The Bertz CT molecular complexity index is 559. The molecule has 0 saturated heterocycles. The van der Waals surface area contributed by atoms with E-state index in [1.54, 1.807) is 0 Å². The average Bonchev–Trinajstić information content (AvgIpc) is 2.45. The Morgan fingerprint density at radius 1 is 1.15 bits per heavy atom. The van der Waals surface area contributed by atoms with Crippen LogP contribution in [0.2, 0.25) is 0 Å². The predicted molar refractivity (Wildman–Crippen MR) is 74.7 cm³/mol. The second kappa shape index (κ2) is 6.37. The number of nitrogens with two attached hydrogens (primary N) is 1. The Hall–Kier alpha value is -1.40. The van der Waals surface area contributed by atoms with E-state index in [1.807, 2.05) is 0 Å². The van der Waals surface area contributed by atoms with E-state index in [0.29, 0.717) is 18.1 Å². The number of sulfonamides is 1. The first-order valence-electron chi connectivity index (χ1n) is 6.77. The smallest absolute Gasteiger partial charge is 0.338 e. The van der Waals surface area contributed by atoms with E-state index in [0.717, 1.165) is 12.8 Å². The molecule has 0 aromatic heterocycles. The van der Waals surface area contributed by atoms with Crippen molar-refractivity contribution < 1.29 is 17.9 Å². The van der Waals surface area contributed by atoms with Crippen molar-refractivity contribution in [2.24, 2.45) is 11.1 Å². The average molecular weight is 297 g/mol. The summed E-state index contributed by atoms with van der Waals surface area (Å²) in [5, 5.41) is 5.00. The number of rotatable bonds is 4. The maximum absolute atomic E-state index is 11.8. The highest BCUT2D eigenvalue weighted by Gasteiger charge is 2.16. The molecule has 2 N–H and O–H groups in total. The lowest BCUT2D eigenvalue weighted by molar-refractivity contribution is 0.0410. The molecule has 1 aromatic rings. The molecule has 1 saturated carbocycles. The first kappa shape index (κ1) is 15.0. The Morgan fingerprint density at radius 3 is 2.30 bits per heavy atom. The highest BCUT2D eigenvalue weighted by atomic mass is 32.2. The van der Waals surface area contributed by atoms with Crippen molar-refractivity contribution in [2.45, 2.75) is 37.0 Å². The van der Waals surface area contributed by atoms with E-state index in [1.165, 1.54) is 43.5 Å². The van der Waals surface area contributed by atoms with E-state index >= 15 is 0 Å². The highest BCUT2D eigenvalue weighted by Crippen LogP contribution is 2.24. The van der Waals surface area contributed by atoms with Crippen molar-refractivity contribution in [3.05, 3.63) is 29.8 Å². The van der Waals surface area contributed by atoms with E-state index in [4.69, 9.17) is 9.88 Å². The van der Waals surface area contributed by atoms with E-state index < -0.39 is 16.0 Å². The lowest BCUT2D eigenvalue weighted by Crippen LogP contribution is -2.17. The zero-order chi connectivity index (χ0) is 14.6. The van der Waals surface area contributed by atoms with Gasteiger partial charge in [0.2, 0.25) is 10.0 Å². The minimum atomic E-state index is -3.73. The minimum absolute atomic E-state index is 0.0127. The van der Waals surface area contributed by atoms with Gasteiger partial charge in [0.1, 0.15) is 0 Å². The molecular formula is C14H19NO4S. The number of hydrogen-bond acceptors (Lipinski definition) is 4. The second-order valence-electron chi connectivity index (χ2n) is 5.17. The third-order valence-electron chi connectivity index (χ3n) is 3.59. The fourth-order valence-corrected chi connectivity index (χ4v) is 2.93. The second-order valence-corrected chi connectivity index (χ2v) is 6.73. The summed E-state index contributed by atoms with van der Waals surface area (Å²) in [5.41, 5.74) is 0.341. The Kier molecular flexibility index (Phi) is 4.77. The molecule has 1 aliphatic rings. The molecule has 110 valence electrons. The molecule has 0 bridgehead atoms. The van der Waals surface area contributed by atoms with E-state index in [-0.39, 0.29) is 4.90 Å². The van der Waals surface area contributed by atoms with Gasteiger partial charge in [-0.05, 0) is 43.0 Å². The molecule has 20 heavy (non-hydrogen) atoms. The van der Waals surface area contributed by atoms with Crippen molar-refractivity contribution in [2.75, 3.05) is 6.61 Å². The monoisotopic (exact) mass is 297 g/mol. The first-order valence-corrected chi connectivity index (χ1v) is 8.31. The van der Waals surface area contributed by atoms with Crippen LogP contribution in [0.5, 0.6) is 0 Å². The number of primary sulfonamides is 1. The predicted octanol–water partition coefficient (Wildman–Crippen LogP) is 2.07. The van der Waals surface area contributed by atoms with Crippen LogP contribution in [0.4, 0.5) is 0 Å². The highest BCUT2D eigenvalue weighted by molar-refractivity contribution is 7.89. The topological polar surface area (TPSA) is 86.5 Å². The third-order valence-corrected chi connectivity index (χ3v) is 4.52. The molecule has 1 aromatic carbocycles. The Balaban J connectivity index is 1.92. The minimum Gasteiger partial charge on any atom is -0.462 e. The van der Waals surface area contributed by atoms with Gasteiger partial charge in [0.05, 0.1) is 17.1 Å². The number of benzene rings is 1. The van der Waals surface area contributed by atoms with E-state index in [2.05, 4.69) is 0 Å². The lowest BCUT2D eigenvalue weighted by atomic mass is 9.90. The van der Waals surface area contributed by atoms with Crippen molar-refractivity contribution >= 4 is 16.0 Å². The fourth-order valence-electron chi connectivity index (χ4n) is 2.41. The van der Waals surface area contributed by atoms with Gasteiger partial charge in [-0.2, -0.15) is 0 Å². The summed E-state index contributed by atoms with van der Waals surface area (Å²) in [5.74, 6) is 0.0351. The van der Waals surface area contributed by atoms with Gasteiger partial charge in [-0.25, -0.2) is 18.4 Å². The molecule has 2 rings (SSSR count). The number of esters is 1. The molecule has 0 spiro atoms. The van der Waals surface area contributed by atoms with Crippen LogP contribution in [0.3, 0.4) is 0 Å². The summed E-state index contributed by atoms with van der Waals surface area (Å²) < 4.78 is 27.5. The van der Waals surface area contributed by atoms with Gasteiger partial charge in [0.15, 0.2) is 0 Å². The number of hydrogen-bond donors (Lipinski definition) is 1. The zero-order valence-corrected chi connectivity index (χ0v) is 12.1. The van der Waals surface area contributed by atoms with Gasteiger partial charge in [0.25, 0.3) is 0 Å². The van der Waals surface area contributed by atoms with Crippen LogP contribution in [-0.2, 0) is 14.8 Å². The summed E-state index contributed by atoms with van der Waals surface area (Å²) >= 11 is 0. The van der Waals surface area contributed by atoms with Crippen LogP contribution in [0, 0.1) is 5.92 Å². The molecule has 0 unspecified atom stereocenters. The van der Waals surface area contributed by atoms with Crippen molar-refractivity contribution in [3.63, 3.8) is 0 Å². The van der Waals surface area contributed by atoms with Crippen LogP contribution in [0.25, 0.3) is 0 Å². The van der Waals surface area contributed by atoms with Gasteiger partial charge in [-0.3, -0.25) is 0 Å².